The van der Waals surface area contributed by atoms with E-state index in [4.69, 9.17) is 12.2 Å². The van der Waals surface area contributed by atoms with Crippen LogP contribution in [0.4, 0.5) is 15.8 Å². The number of nitrogens with zero attached hydrogens (tertiary/aromatic N) is 1. The Kier molecular flexibility index (Phi) is 4.77. The Balaban J connectivity index is 2.75. The summed E-state index contributed by atoms with van der Waals surface area (Å²) in [6.07, 6.45) is 0.908. The first-order valence-corrected chi connectivity index (χ1v) is 5.44. The van der Waals surface area contributed by atoms with Crippen molar-refractivity contribution in [3.05, 3.63) is 34.1 Å². The fraction of sp³-hybridized carbons (Fsp3) is 0.300. The molecule has 1 aromatic carbocycles. The van der Waals surface area contributed by atoms with Crippen LogP contribution in [0, 0.1) is 15.9 Å². The first-order valence-electron chi connectivity index (χ1n) is 5.03. The third-order valence-electron chi connectivity index (χ3n) is 1.94. The normalized spacial score (nSPS) is 9.76. The second kappa shape index (κ2) is 6.09. The van der Waals surface area contributed by atoms with Crippen LogP contribution in [0.25, 0.3) is 0 Å². The number of halogens is 1. The van der Waals surface area contributed by atoms with Crippen LogP contribution in [0.5, 0.6) is 0 Å². The summed E-state index contributed by atoms with van der Waals surface area (Å²) in [5, 5.41) is 16.5. The molecule has 0 radical (unpaired) electrons. The quantitative estimate of drug-likeness (QED) is 0.492. The molecule has 0 unspecified atom stereocenters. The third-order valence-corrected chi connectivity index (χ3v) is 2.18. The number of hydrogen-bond donors (Lipinski definition) is 2. The first kappa shape index (κ1) is 13.3. The number of nitro benzene ring substituents is 1. The lowest BCUT2D eigenvalue weighted by molar-refractivity contribution is -0.387. The van der Waals surface area contributed by atoms with E-state index in [1.54, 1.807) is 0 Å². The van der Waals surface area contributed by atoms with Crippen molar-refractivity contribution in [1.82, 2.24) is 5.32 Å². The standard InChI is InChI=1S/C10H12FN3O2S/c1-2-5-12-10(17)13-7-3-4-8(11)9(6-7)14(15)16/h3-4,6H,2,5H2,1H3,(H2,12,13,17). The topological polar surface area (TPSA) is 67.2 Å². The van der Waals surface area contributed by atoms with Gasteiger partial charge in [-0.15, -0.1) is 0 Å². The zero-order valence-corrected chi connectivity index (χ0v) is 10.0. The van der Waals surface area contributed by atoms with Gasteiger partial charge in [-0.05, 0) is 30.8 Å². The predicted octanol–water partition coefficient (Wildman–Crippen LogP) is 2.43. The van der Waals surface area contributed by atoms with Gasteiger partial charge in [0.05, 0.1) is 4.92 Å². The molecule has 0 aliphatic heterocycles. The van der Waals surface area contributed by atoms with Crippen molar-refractivity contribution < 1.29 is 9.31 Å². The first-order chi connectivity index (χ1) is 8.04. The lowest BCUT2D eigenvalue weighted by Gasteiger charge is -2.09. The minimum Gasteiger partial charge on any atom is -0.362 e. The van der Waals surface area contributed by atoms with Crippen molar-refractivity contribution in [3.63, 3.8) is 0 Å². The summed E-state index contributed by atoms with van der Waals surface area (Å²) in [5.74, 6) is -0.868. The molecule has 0 bridgehead atoms. The number of anilines is 1. The van der Waals surface area contributed by atoms with Gasteiger partial charge in [-0.3, -0.25) is 10.1 Å². The SMILES string of the molecule is CCCNC(=S)Nc1ccc(F)c([N+](=O)[O-])c1. The summed E-state index contributed by atoms with van der Waals surface area (Å²) in [4.78, 5) is 9.75. The fourth-order valence-corrected chi connectivity index (χ4v) is 1.36. The highest BCUT2D eigenvalue weighted by Crippen LogP contribution is 2.21. The minimum atomic E-state index is -0.868. The van der Waals surface area contributed by atoms with Crippen LogP contribution in [-0.4, -0.2) is 16.6 Å². The molecule has 0 fully saturated rings. The smallest absolute Gasteiger partial charge is 0.306 e. The molecular weight excluding hydrogens is 245 g/mol. The third kappa shape index (κ3) is 3.95. The van der Waals surface area contributed by atoms with E-state index in [0.717, 1.165) is 18.6 Å². The van der Waals surface area contributed by atoms with Gasteiger partial charge >= 0.3 is 5.69 Å². The zero-order chi connectivity index (χ0) is 12.8. The molecule has 0 spiro atoms. The van der Waals surface area contributed by atoms with Crippen LogP contribution in [0.2, 0.25) is 0 Å². The Morgan fingerprint density at radius 1 is 1.59 bits per heavy atom. The highest BCUT2D eigenvalue weighted by Gasteiger charge is 2.14. The minimum absolute atomic E-state index is 0.354. The Morgan fingerprint density at radius 3 is 2.88 bits per heavy atom. The maximum Gasteiger partial charge on any atom is 0.306 e. The zero-order valence-electron chi connectivity index (χ0n) is 9.20. The van der Waals surface area contributed by atoms with Gasteiger partial charge in [0.1, 0.15) is 0 Å². The summed E-state index contributed by atoms with van der Waals surface area (Å²) in [6.45, 7) is 2.69. The van der Waals surface area contributed by atoms with Gasteiger partial charge in [0.25, 0.3) is 0 Å². The van der Waals surface area contributed by atoms with Crippen LogP contribution in [0.3, 0.4) is 0 Å². The molecule has 92 valence electrons. The molecule has 0 aliphatic carbocycles. The summed E-state index contributed by atoms with van der Waals surface area (Å²) in [5.41, 5.74) is -0.194. The average molecular weight is 257 g/mol. The second-order valence-electron chi connectivity index (χ2n) is 3.30. The van der Waals surface area contributed by atoms with Gasteiger partial charge in [-0.1, -0.05) is 6.92 Å². The molecule has 1 rings (SSSR count). The van der Waals surface area contributed by atoms with E-state index in [9.17, 15) is 14.5 Å². The Morgan fingerprint density at radius 2 is 2.29 bits per heavy atom. The molecule has 2 N–H and O–H groups in total. The van der Waals surface area contributed by atoms with E-state index in [1.807, 2.05) is 6.92 Å². The fourth-order valence-electron chi connectivity index (χ4n) is 1.14. The molecule has 17 heavy (non-hydrogen) atoms. The van der Waals surface area contributed by atoms with Crippen molar-refractivity contribution in [2.24, 2.45) is 0 Å². The molecule has 0 saturated heterocycles. The number of benzene rings is 1. The predicted molar refractivity (Wildman–Crippen MR) is 67.6 cm³/mol. The van der Waals surface area contributed by atoms with Gasteiger partial charge < -0.3 is 10.6 Å². The van der Waals surface area contributed by atoms with Crippen molar-refractivity contribution >= 4 is 28.7 Å². The maximum absolute atomic E-state index is 13.0. The molecule has 5 nitrogen and oxygen atoms in total. The lowest BCUT2D eigenvalue weighted by atomic mass is 10.2. The molecule has 0 heterocycles. The van der Waals surface area contributed by atoms with Crippen LogP contribution in [-0.2, 0) is 0 Å². The lowest BCUT2D eigenvalue weighted by Crippen LogP contribution is -2.28. The Bertz CT molecular complexity index is 440. The van der Waals surface area contributed by atoms with Crippen LogP contribution >= 0.6 is 12.2 Å². The summed E-state index contributed by atoms with van der Waals surface area (Å²) in [7, 11) is 0. The number of nitrogens with one attached hydrogen (secondary N) is 2. The van der Waals surface area contributed by atoms with Gasteiger partial charge in [-0.2, -0.15) is 4.39 Å². The molecule has 7 heteroatoms. The maximum atomic E-state index is 13.0. The van der Waals surface area contributed by atoms with E-state index < -0.39 is 16.4 Å². The van der Waals surface area contributed by atoms with Crippen molar-refractivity contribution in [2.75, 3.05) is 11.9 Å². The van der Waals surface area contributed by atoms with Gasteiger partial charge in [0.2, 0.25) is 5.82 Å². The number of nitro groups is 1. The van der Waals surface area contributed by atoms with Crippen molar-refractivity contribution in [1.29, 1.82) is 0 Å². The molecule has 1 aromatic rings. The number of rotatable bonds is 4. The summed E-state index contributed by atoms with van der Waals surface area (Å²) >= 11 is 4.96. The van der Waals surface area contributed by atoms with Crippen molar-refractivity contribution in [2.45, 2.75) is 13.3 Å². The van der Waals surface area contributed by atoms with Crippen LogP contribution in [0.15, 0.2) is 18.2 Å². The Hall–Kier alpha value is -1.76. The van der Waals surface area contributed by atoms with Gasteiger partial charge in [0.15, 0.2) is 5.11 Å². The molecule has 0 atom stereocenters. The van der Waals surface area contributed by atoms with Crippen LogP contribution in [0.1, 0.15) is 13.3 Å². The van der Waals surface area contributed by atoms with Gasteiger partial charge in [-0.25, -0.2) is 0 Å². The summed E-state index contributed by atoms with van der Waals surface area (Å²) in [6, 6.07) is 3.53. The largest absolute Gasteiger partial charge is 0.362 e. The van der Waals surface area contributed by atoms with E-state index in [2.05, 4.69) is 10.6 Å². The molecule has 0 saturated carbocycles. The number of hydrogen-bond acceptors (Lipinski definition) is 3. The van der Waals surface area contributed by atoms with Crippen LogP contribution < -0.4 is 10.6 Å². The monoisotopic (exact) mass is 257 g/mol. The second-order valence-corrected chi connectivity index (χ2v) is 3.71. The molecular formula is C10H12FN3O2S. The highest BCUT2D eigenvalue weighted by molar-refractivity contribution is 7.80. The van der Waals surface area contributed by atoms with E-state index in [0.29, 0.717) is 17.3 Å². The van der Waals surface area contributed by atoms with E-state index >= 15 is 0 Å². The van der Waals surface area contributed by atoms with Gasteiger partial charge in [0, 0.05) is 18.3 Å². The highest BCUT2D eigenvalue weighted by atomic mass is 32.1. The van der Waals surface area contributed by atoms with E-state index in [1.165, 1.54) is 6.07 Å². The number of thiocarbonyl (C=S) groups is 1. The van der Waals surface area contributed by atoms with Crippen molar-refractivity contribution in [3.8, 4) is 0 Å². The van der Waals surface area contributed by atoms with E-state index in [-0.39, 0.29) is 0 Å². The Labute approximate surface area is 103 Å². The summed E-state index contributed by atoms with van der Waals surface area (Å²) < 4.78 is 13.0. The molecule has 0 aromatic heterocycles. The molecule has 0 amide bonds. The average Bonchev–Trinajstić information content (AvgIpc) is 2.28. The molecule has 0 aliphatic rings.